The second-order valence-electron chi connectivity index (χ2n) is 3.89. The normalized spacial score (nSPS) is 31.8. The van der Waals surface area contributed by atoms with Gasteiger partial charge in [0, 0.05) is 15.9 Å². The van der Waals surface area contributed by atoms with E-state index in [2.05, 4.69) is 47.1 Å². The SMILES string of the molecule is CC[C@@]1(N)C[C@@H]1c1ccc(Br)cc1. The van der Waals surface area contributed by atoms with Gasteiger partial charge in [-0.1, -0.05) is 35.0 Å². The van der Waals surface area contributed by atoms with E-state index in [1.807, 2.05) is 0 Å². The molecular formula is C11H14BrN. The first-order valence-electron chi connectivity index (χ1n) is 4.70. The third kappa shape index (κ3) is 1.65. The van der Waals surface area contributed by atoms with E-state index >= 15 is 0 Å². The first kappa shape index (κ1) is 9.22. The number of benzene rings is 1. The summed E-state index contributed by atoms with van der Waals surface area (Å²) in [5.41, 5.74) is 7.62. The van der Waals surface area contributed by atoms with Crippen LogP contribution < -0.4 is 5.73 Å². The van der Waals surface area contributed by atoms with Gasteiger partial charge in [0.1, 0.15) is 0 Å². The van der Waals surface area contributed by atoms with E-state index in [1.54, 1.807) is 0 Å². The Balaban J connectivity index is 2.16. The molecule has 1 aromatic rings. The predicted octanol–water partition coefficient (Wildman–Crippen LogP) is 3.04. The Hall–Kier alpha value is -0.340. The van der Waals surface area contributed by atoms with E-state index in [0.717, 1.165) is 17.3 Å². The highest BCUT2D eigenvalue weighted by atomic mass is 79.9. The minimum Gasteiger partial charge on any atom is -0.325 e. The monoisotopic (exact) mass is 239 g/mol. The van der Waals surface area contributed by atoms with Crippen molar-refractivity contribution in [3.63, 3.8) is 0 Å². The van der Waals surface area contributed by atoms with E-state index in [9.17, 15) is 0 Å². The molecule has 0 bridgehead atoms. The van der Waals surface area contributed by atoms with E-state index in [4.69, 9.17) is 5.73 Å². The fourth-order valence-electron chi connectivity index (χ4n) is 1.86. The maximum atomic E-state index is 6.15. The van der Waals surface area contributed by atoms with Crippen LogP contribution in [0.4, 0.5) is 0 Å². The molecule has 70 valence electrons. The van der Waals surface area contributed by atoms with Gasteiger partial charge < -0.3 is 5.73 Å². The molecule has 0 aromatic heterocycles. The summed E-state index contributed by atoms with van der Waals surface area (Å²) >= 11 is 3.43. The molecule has 1 saturated carbocycles. The third-order valence-electron chi connectivity index (χ3n) is 3.05. The van der Waals surface area contributed by atoms with Gasteiger partial charge in [0.25, 0.3) is 0 Å². The maximum absolute atomic E-state index is 6.15. The summed E-state index contributed by atoms with van der Waals surface area (Å²) < 4.78 is 1.14. The molecule has 2 atom stereocenters. The van der Waals surface area contributed by atoms with Crippen LogP contribution in [0.1, 0.15) is 31.2 Å². The summed E-state index contributed by atoms with van der Waals surface area (Å²) in [6.45, 7) is 2.17. The Bertz CT molecular complexity index is 306. The van der Waals surface area contributed by atoms with Crippen molar-refractivity contribution >= 4 is 15.9 Å². The van der Waals surface area contributed by atoms with Crippen molar-refractivity contribution in [3.8, 4) is 0 Å². The number of halogens is 1. The van der Waals surface area contributed by atoms with Crippen LogP contribution >= 0.6 is 15.9 Å². The van der Waals surface area contributed by atoms with Crippen LogP contribution in [0.3, 0.4) is 0 Å². The summed E-state index contributed by atoms with van der Waals surface area (Å²) in [4.78, 5) is 0. The smallest absolute Gasteiger partial charge is 0.0228 e. The molecule has 1 aromatic carbocycles. The number of hydrogen-bond donors (Lipinski definition) is 1. The molecule has 1 aliphatic carbocycles. The van der Waals surface area contributed by atoms with Crippen LogP contribution in [0.2, 0.25) is 0 Å². The van der Waals surface area contributed by atoms with Crippen LogP contribution in [-0.2, 0) is 0 Å². The average Bonchev–Trinajstić information content (AvgIpc) is 2.81. The van der Waals surface area contributed by atoms with Crippen LogP contribution in [0.25, 0.3) is 0 Å². The van der Waals surface area contributed by atoms with Gasteiger partial charge in [-0.25, -0.2) is 0 Å². The van der Waals surface area contributed by atoms with Gasteiger partial charge in [-0.3, -0.25) is 0 Å². The molecule has 2 N–H and O–H groups in total. The average molecular weight is 240 g/mol. The number of nitrogens with two attached hydrogens (primary N) is 1. The van der Waals surface area contributed by atoms with Crippen molar-refractivity contribution in [2.45, 2.75) is 31.2 Å². The van der Waals surface area contributed by atoms with Crippen molar-refractivity contribution in [1.82, 2.24) is 0 Å². The molecule has 0 radical (unpaired) electrons. The molecule has 0 amide bonds. The van der Waals surface area contributed by atoms with E-state index in [1.165, 1.54) is 5.56 Å². The van der Waals surface area contributed by atoms with Gasteiger partial charge in [-0.15, -0.1) is 0 Å². The molecule has 13 heavy (non-hydrogen) atoms. The number of hydrogen-bond acceptors (Lipinski definition) is 1. The second-order valence-corrected chi connectivity index (χ2v) is 4.81. The van der Waals surface area contributed by atoms with Crippen LogP contribution in [0.5, 0.6) is 0 Å². The van der Waals surface area contributed by atoms with Crippen molar-refractivity contribution in [2.24, 2.45) is 5.73 Å². The quantitative estimate of drug-likeness (QED) is 0.844. The lowest BCUT2D eigenvalue weighted by Crippen LogP contribution is -2.22. The van der Waals surface area contributed by atoms with Gasteiger partial charge in [-0.05, 0) is 30.5 Å². The van der Waals surface area contributed by atoms with E-state index in [-0.39, 0.29) is 5.54 Å². The summed E-state index contributed by atoms with van der Waals surface area (Å²) in [5.74, 6) is 0.589. The van der Waals surface area contributed by atoms with Crippen molar-refractivity contribution < 1.29 is 0 Å². The first-order valence-corrected chi connectivity index (χ1v) is 5.49. The fourth-order valence-corrected chi connectivity index (χ4v) is 2.12. The topological polar surface area (TPSA) is 26.0 Å². The summed E-state index contributed by atoms with van der Waals surface area (Å²) in [5, 5.41) is 0. The van der Waals surface area contributed by atoms with Gasteiger partial charge in [0.2, 0.25) is 0 Å². The van der Waals surface area contributed by atoms with Crippen molar-refractivity contribution in [1.29, 1.82) is 0 Å². The minimum atomic E-state index is 0.0911. The molecule has 1 fully saturated rings. The molecule has 2 heteroatoms. The summed E-state index contributed by atoms with van der Waals surface area (Å²) in [6, 6.07) is 8.51. The van der Waals surface area contributed by atoms with Gasteiger partial charge in [0.15, 0.2) is 0 Å². The molecule has 0 heterocycles. The molecule has 0 unspecified atom stereocenters. The van der Waals surface area contributed by atoms with E-state index < -0.39 is 0 Å². The largest absolute Gasteiger partial charge is 0.325 e. The zero-order valence-electron chi connectivity index (χ0n) is 7.76. The zero-order chi connectivity index (χ0) is 9.47. The minimum absolute atomic E-state index is 0.0911. The highest BCUT2D eigenvalue weighted by Gasteiger charge is 2.49. The van der Waals surface area contributed by atoms with Crippen LogP contribution in [-0.4, -0.2) is 5.54 Å². The lowest BCUT2D eigenvalue weighted by Gasteiger charge is -2.07. The van der Waals surface area contributed by atoms with Gasteiger partial charge >= 0.3 is 0 Å². The Kier molecular flexibility index (Phi) is 2.20. The third-order valence-corrected chi connectivity index (χ3v) is 3.58. The van der Waals surface area contributed by atoms with Crippen molar-refractivity contribution in [2.75, 3.05) is 0 Å². The Morgan fingerprint density at radius 3 is 2.54 bits per heavy atom. The lowest BCUT2D eigenvalue weighted by atomic mass is 10.1. The highest BCUT2D eigenvalue weighted by Crippen LogP contribution is 2.51. The molecular weight excluding hydrogens is 226 g/mol. The fraction of sp³-hybridized carbons (Fsp3) is 0.455. The molecule has 1 nitrogen and oxygen atoms in total. The summed E-state index contributed by atoms with van der Waals surface area (Å²) in [7, 11) is 0. The molecule has 2 rings (SSSR count). The Labute approximate surface area is 87.5 Å². The Morgan fingerprint density at radius 2 is 2.08 bits per heavy atom. The maximum Gasteiger partial charge on any atom is 0.0228 e. The number of rotatable bonds is 2. The van der Waals surface area contributed by atoms with Crippen LogP contribution in [0, 0.1) is 0 Å². The van der Waals surface area contributed by atoms with Crippen LogP contribution in [0.15, 0.2) is 28.7 Å². The van der Waals surface area contributed by atoms with E-state index in [0.29, 0.717) is 5.92 Å². The lowest BCUT2D eigenvalue weighted by molar-refractivity contribution is 0.626. The predicted molar refractivity (Wildman–Crippen MR) is 58.7 cm³/mol. The zero-order valence-corrected chi connectivity index (χ0v) is 9.34. The van der Waals surface area contributed by atoms with Crippen molar-refractivity contribution in [3.05, 3.63) is 34.3 Å². The molecule has 0 spiro atoms. The highest BCUT2D eigenvalue weighted by molar-refractivity contribution is 9.10. The van der Waals surface area contributed by atoms with Gasteiger partial charge in [-0.2, -0.15) is 0 Å². The van der Waals surface area contributed by atoms with Gasteiger partial charge in [0.05, 0.1) is 0 Å². The molecule has 1 aliphatic rings. The second kappa shape index (κ2) is 3.10. The Morgan fingerprint density at radius 1 is 1.46 bits per heavy atom. The first-order chi connectivity index (χ1) is 6.15. The standard InChI is InChI=1S/C11H14BrN/c1-2-11(13)7-10(11)8-3-5-9(12)6-4-8/h3-6,10H,2,7,13H2,1H3/t10-,11-/m1/s1. The molecule has 0 aliphatic heterocycles. The molecule has 0 saturated heterocycles. The summed E-state index contributed by atoms with van der Waals surface area (Å²) in [6.07, 6.45) is 2.22.